The number of alkyl halides is 3. The lowest BCUT2D eigenvalue weighted by Gasteiger charge is -2.09. The smallest absolute Gasteiger partial charge is 0.398 e. The Morgan fingerprint density at radius 2 is 1.83 bits per heavy atom. The third-order valence-corrected chi connectivity index (χ3v) is 1.76. The van der Waals surface area contributed by atoms with Gasteiger partial charge >= 0.3 is 6.18 Å². The molecule has 0 aromatic heterocycles. The molecule has 5 heteroatoms. The number of hydrogen-bond acceptors (Lipinski definition) is 1. The predicted molar refractivity (Wildman–Crippen MR) is 40.9 cm³/mol. The molecule has 0 saturated heterocycles. The maximum absolute atomic E-state index is 12.1. The summed E-state index contributed by atoms with van der Waals surface area (Å²) in [7, 11) is 0. The third kappa shape index (κ3) is 1.64. The normalized spacial score (nSPS) is 11.7. The first-order valence-corrected chi connectivity index (χ1v) is 3.42. The Balaban J connectivity index is 3.26. The summed E-state index contributed by atoms with van der Waals surface area (Å²) in [5.74, 6) is 0. The summed E-state index contributed by atoms with van der Waals surface area (Å²) in [4.78, 5) is 0. The van der Waals surface area contributed by atoms with Crippen LogP contribution in [0.1, 0.15) is 5.56 Å². The average molecular weight is 196 g/mol. The lowest BCUT2D eigenvalue weighted by Crippen LogP contribution is -2.06. The molecule has 1 aromatic rings. The van der Waals surface area contributed by atoms with Crippen molar-refractivity contribution < 1.29 is 13.2 Å². The maximum atomic E-state index is 12.1. The van der Waals surface area contributed by atoms with Crippen LogP contribution in [0.25, 0.3) is 0 Å². The highest BCUT2D eigenvalue weighted by molar-refractivity contribution is 6.33. The molecule has 2 N–H and O–H groups in total. The molecule has 0 atom stereocenters. The summed E-state index contributed by atoms with van der Waals surface area (Å²) in [6, 6.07) is 3.42. The minimum Gasteiger partial charge on any atom is -0.398 e. The van der Waals surface area contributed by atoms with Crippen molar-refractivity contribution in [3.8, 4) is 0 Å². The monoisotopic (exact) mass is 195 g/mol. The van der Waals surface area contributed by atoms with Crippen LogP contribution in [0.2, 0.25) is 5.02 Å². The van der Waals surface area contributed by atoms with Gasteiger partial charge in [0, 0.05) is 0 Å². The number of halogens is 4. The molecule has 0 aliphatic carbocycles. The number of hydrogen-bond donors (Lipinski definition) is 1. The molecule has 1 nitrogen and oxygen atoms in total. The summed E-state index contributed by atoms with van der Waals surface area (Å²) >= 11 is 5.33. The van der Waals surface area contributed by atoms with Crippen LogP contribution >= 0.6 is 11.6 Å². The van der Waals surface area contributed by atoms with Gasteiger partial charge in [-0.25, -0.2) is 0 Å². The highest BCUT2D eigenvalue weighted by atomic mass is 35.5. The molecule has 0 radical (unpaired) electrons. The Morgan fingerprint density at radius 1 is 1.25 bits per heavy atom. The van der Waals surface area contributed by atoms with Gasteiger partial charge in [0.25, 0.3) is 0 Å². The molecule has 1 aromatic carbocycles. The molecular formula is C7H5ClF3N. The fraction of sp³-hybridized carbons (Fsp3) is 0.143. The minimum atomic E-state index is -4.44. The Bertz CT molecular complexity index is 295. The lowest BCUT2D eigenvalue weighted by molar-refractivity contribution is -0.137. The first-order valence-electron chi connectivity index (χ1n) is 3.04. The Kier molecular flexibility index (Phi) is 2.19. The minimum absolute atomic E-state index is 0.0634. The summed E-state index contributed by atoms with van der Waals surface area (Å²) < 4.78 is 36.3. The molecule has 0 fully saturated rings. The summed E-state index contributed by atoms with van der Waals surface area (Å²) in [6.45, 7) is 0. The maximum Gasteiger partial charge on any atom is 0.417 e. The van der Waals surface area contributed by atoms with Crippen LogP contribution in [0, 0.1) is 0 Å². The molecule has 0 bridgehead atoms. The number of rotatable bonds is 0. The Labute approximate surface area is 71.9 Å². The summed E-state index contributed by atoms with van der Waals surface area (Å²) in [5, 5.41) is -0.440. The molecule has 0 aliphatic rings. The summed E-state index contributed by atoms with van der Waals surface area (Å²) in [6.07, 6.45) is -4.44. The van der Waals surface area contributed by atoms with Crippen LogP contribution in [0.5, 0.6) is 0 Å². The van der Waals surface area contributed by atoms with E-state index in [9.17, 15) is 13.2 Å². The van der Waals surface area contributed by atoms with E-state index >= 15 is 0 Å². The first kappa shape index (κ1) is 9.19. The van der Waals surface area contributed by atoms with Crippen molar-refractivity contribution in [3.63, 3.8) is 0 Å². The van der Waals surface area contributed by atoms with Gasteiger partial charge in [0.15, 0.2) is 0 Å². The van der Waals surface area contributed by atoms with Crippen LogP contribution in [-0.4, -0.2) is 0 Å². The number of nitrogen functional groups attached to an aromatic ring is 1. The van der Waals surface area contributed by atoms with Crippen molar-refractivity contribution in [2.24, 2.45) is 0 Å². The van der Waals surface area contributed by atoms with Crippen LogP contribution < -0.4 is 5.73 Å². The number of anilines is 1. The van der Waals surface area contributed by atoms with Crippen molar-refractivity contribution in [3.05, 3.63) is 28.8 Å². The van der Waals surface area contributed by atoms with E-state index in [1.165, 1.54) is 12.1 Å². The number of benzene rings is 1. The van der Waals surface area contributed by atoms with Gasteiger partial charge in [-0.15, -0.1) is 0 Å². The van der Waals surface area contributed by atoms with E-state index in [1.54, 1.807) is 0 Å². The van der Waals surface area contributed by atoms with E-state index in [-0.39, 0.29) is 5.69 Å². The first-order chi connectivity index (χ1) is 5.43. The van der Waals surface area contributed by atoms with Gasteiger partial charge < -0.3 is 5.73 Å². The van der Waals surface area contributed by atoms with E-state index in [4.69, 9.17) is 17.3 Å². The fourth-order valence-electron chi connectivity index (χ4n) is 0.769. The SMILES string of the molecule is Nc1cccc(C(F)(F)F)c1Cl. The van der Waals surface area contributed by atoms with Gasteiger partial charge in [0.2, 0.25) is 0 Å². The van der Waals surface area contributed by atoms with Crippen LogP contribution in [0.4, 0.5) is 18.9 Å². The average Bonchev–Trinajstić information content (AvgIpc) is 1.92. The standard InChI is InChI=1S/C7H5ClF3N/c8-6-4(7(9,10)11)2-1-3-5(6)12/h1-3H,12H2. The molecule has 66 valence electrons. The third-order valence-electron chi connectivity index (χ3n) is 1.33. The zero-order valence-corrected chi connectivity index (χ0v) is 6.58. The van der Waals surface area contributed by atoms with E-state index in [0.29, 0.717) is 0 Å². The second-order valence-electron chi connectivity index (χ2n) is 2.21. The van der Waals surface area contributed by atoms with Gasteiger partial charge in [0.05, 0.1) is 16.3 Å². The van der Waals surface area contributed by atoms with Crippen molar-refractivity contribution >= 4 is 17.3 Å². The molecule has 0 aliphatic heterocycles. The van der Waals surface area contributed by atoms with Gasteiger partial charge in [0.1, 0.15) is 0 Å². The van der Waals surface area contributed by atoms with Gasteiger partial charge in [-0.2, -0.15) is 13.2 Å². The highest BCUT2D eigenvalue weighted by Gasteiger charge is 2.33. The van der Waals surface area contributed by atoms with Crippen LogP contribution in [0.3, 0.4) is 0 Å². The molecule has 0 heterocycles. The van der Waals surface area contributed by atoms with Crippen LogP contribution in [-0.2, 0) is 6.18 Å². The van der Waals surface area contributed by atoms with Gasteiger partial charge in [-0.1, -0.05) is 17.7 Å². The van der Waals surface area contributed by atoms with E-state index < -0.39 is 16.8 Å². The quantitative estimate of drug-likeness (QED) is 0.633. The Hall–Kier alpha value is -0.900. The van der Waals surface area contributed by atoms with Gasteiger partial charge in [-0.3, -0.25) is 0 Å². The second kappa shape index (κ2) is 2.86. The molecule has 0 unspecified atom stereocenters. The van der Waals surface area contributed by atoms with Crippen molar-refractivity contribution in [1.29, 1.82) is 0 Å². The molecule has 0 amide bonds. The van der Waals surface area contributed by atoms with E-state index in [2.05, 4.69) is 0 Å². The van der Waals surface area contributed by atoms with Crippen molar-refractivity contribution in [1.82, 2.24) is 0 Å². The van der Waals surface area contributed by atoms with Gasteiger partial charge in [-0.05, 0) is 12.1 Å². The zero-order valence-electron chi connectivity index (χ0n) is 5.82. The van der Waals surface area contributed by atoms with E-state index in [0.717, 1.165) is 6.07 Å². The molecule has 0 spiro atoms. The second-order valence-corrected chi connectivity index (χ2v) is 2.58. The van der Waals surface area contributed by atoms with Crippen LogP contribution in [0.15, 0.2) is 18.2 Å². The van der Waals surface area contributed by atoms with E-state index in [1.807, 2.05) is 0 Å². The molecule has 0 saturated carbocycles. The van der Waals surface area contributed by atoms with Crippen molar-refractivity contribution in [2.45, 2.75) is 6.18 Å². The fourth-order valence-corrected chi connectivity index (χ4v) is 1.00. The highest BCUT2D eigenvalue weighted by Crippen LogP contribution is 2.36. The summed E-state index contributed by atoms with van der Waals surface area (Å²) in [5.41, 5.74) is 4.22. The predicted octanol–water partition coefficient (Wildman–Crippen LogP) is 2.94. The Morgan fingerprint density at radius 3 is 2.25 bits per heavy atom. The number of nitrogens with two attached hydrogens (primary N) is 1. The largest absolute Gasteiger partial charge is 0.417 e. The van der Waals surface area contributed by atoms with Crippen molar-refractivity contribution in [2.75, 3.05) is 5.73 Å². The zero-order chi connectivity index (χ0) is 9.35. The lowest BCUT2D eigenvalue weighted by atomic mass is 10.2. The molecule has 1 rings (SSSR count). The molecule has 12 heavy (non-hydrogen) atoms. The topological polar surface area (TPSA) is 26.0 Å². The molecular weight excluding hydrogens is 191 g/mol.